The first kappa shape index (κ1) is 14.1. The Balaban J connectivity index is 2.69. The van der Waals surface area contributed by atoms with E-state index in [1.54, 1.807) is 6.92 Å². The molecule has 1 unspecified atom stereocenters. The topological polar surface area (TPSA) is 126 Å². The molecule has 0 spiro atoms. The van der Waals surface area contributed by atoms with Gasteiger partial charge in [-0.05, 0) is 25.8 Å². The maximum atomic E-state index is 10.8. The molecule has 8 heteroatoms. The van der Waals surface area contributed by atoms with Gasteiger partial charge in [0.1, 0.15) is 5.82 Å². The van der Waals surface area contributed by atoms with E-state index in [0.29, 0.717) is 25.2 Å². The fraction of sp³-hybridized carbons (Fsp3) is 0.500. The van der Waals surface area contributed by atoms with Gasteiger partial charge in [0.05, 0.1) is 11.0 Å². The average molecular weight is 255 g/mol. The molecule has 1 aromatic rings. The second-order valence-corrected chi connectivity index (χ2v) is 3.88. The molecule has 8 nitrogen and oxygen atoms in total. The number of anilines is 2. The maximum Gasteiger partial charge on any atom is 0.311 e. The summed E-state index contributed by atoms with van der Waals surface area (Å²) < 4.78 is 0. The Morgan fingerprint density at radius 1 is 1.61 bits per heavy atom. The van der Waals surface area contributed by atoms with Crippen molar-refractivity contribution in [1.29, 1.82) is 0 Å². The van der Waals surface area contributed by atoms with Crippen LogP contribution in [0.1, 0.15) is 19.8 Å². The summed E-state index contributed by atoms with van der Waals surface area (Å²) in [5.41, 5.74) is 2.22. The van der Waals surface area contributed by atoms with Crippen molar-refractivity contribution < 1.29 is 10.0 Å². The Kier molecular flexibility index (Phi) is 5.28. The van der Waals surface area contributed by atoms with E-state index >= 15 is 0 Å². The van der Waals surface area contributed by atoms with Gasteiger partial charge in [-0.2, -0.15) is 0 Å². The van der Waals surface area contributed by atoms with Crippen LogP contribution in [0.25, 0.3) is 0 Å². The lowest BCUT2D eigenvalue weighted by Crippen LogP contribution is -2.12. The van der Waals surface area contributed by atoms with Crippen LogP contribution in [0.3, 0.4) is 0 Å². The molecule has 0 aliphatic heterocycles. The number of hydrogen-bond acceptors (Lipinski definition) is 7. The fourth-order valence-corrected chi connectivity index (χ4v) is 1.41. The molecule has 0 aliphatic rings. The molecule has 18 heavy (non-hydrogen) atoms. The lowest BCUT2D eigenvalue weighted by Gasteiger charge is -2.08. The summed E-state index contributed by atoms with van der Waals surface area (Å²) in [5, 5.41) is 22.8. The van der Waals surface area contributed by atoms with Crippen LogP contribution in [0.4, 0.5) is 17.3 Å². The van der Waals surface area contributed by atoms with Crippen LogP contribution in [-0.4, -0.2) is 27.7 Å². The number of nitrogen functional groups attached to an aromatic ring is 1. The number of hydrazine groups is 1. The molecule has 100 valence electrons. The van der Waals surface area contributed by atoms with E-state index in [0.717, 1.165) is 0 Å². The van der Waals surface area contributed by atoms with Crippen molar-refractivity contribution >= 4 is 17.3 Å². The monoisotopic (exact) mass is 255 g/mol. The third-order valence-electron chi connectivity index (χ3n) is 2.31. The van der Waals surface area contributed by atoms with Crippen LogP contribution in [0, 0.1) is 10.1 Å². The predicted molar refractivity (Wildman–Crippen MR) is 68.1 cm³/mol. The molecule has 0 aromatic carbocycles. The second kappa shape index (κ2) is 6.72. The molecule has 1 rings (SSSR count). The van der Waals surface area contributed by atoms with Gasteiger partial charge < -0.3 is 15.8 Å². The summed E-state index contributed by atoms with van der Waals surface area (Å²) >= 11 is 0. The van der Waals surface area contributed by atoms with E-state index in [1.807, 2.05) is 0 Å². The van der Waals surface area contributed by atoms with Gasteiger partial charge in [0.2, 0.25) is 5.82 Å². The SMILES string of the molecule is CC(O)CCCNc1nc(NN)ccc1[N+](=O)[O-]. The summed E-state index contributed by atoms with van der Waals surface area (Å²) in [6, 6.07) is 2.76. The zero-order valence-electron chi connectivity index (χ0n) is 10.1. The third-order valence-corrected chi connectivity index (χ3v) is 2.31. The second-order valence-electron chi connectivity index (χ2n) is 3.88. The van der Waals surface area contributed by atoms with Gasteiger partial charge in [-0.3, -0.25) is 10.1 Å². The van der Waals surface area contributed by atoms with Crippen molar-refractivity contribution in [3.05, 3.63) is 22.2 Å². The molecule has 0 amide bonds. The molecule has 0 fully saturated rings. The quantitative estimate of drug-likeness (QED) is 0.246. The molecule has 0 saturated carbocycles. The number of nitro groups is 1. The Labute approximate surface area is 104 Å². The maximum absolute atomic E-state index is 10.8. The van der Waals surface area contributed by atoms with Gasteiger partial charge in [0.15, 0.2) is 0 Å². The number of nitrogens with zero attached hydrogens (tertiary/aromatic N) is 2. The van der Waals surface area contributed by atoms with Crippen LogP contribution >= 0.6 is 0 Å². The largest absolute Gasteiger partial charge is 0.393 e. The molecule has 0 bridgehead atoms. The highest BCUT2D eigenvalue weighted by Crippen LogP contribution is 2.23. The van der Waals surface area contributed by atoms with Gasteiger partial charge in [0.25, 0.3) is 0 Å². The molecule has 1 aromatic heterocycles. The number of aromatic nitrogens is 1. The van der Waals surface area contributed by atoms with Crippen molar-refractivity contribution in [2.45, 2.75) is 25.9 Å². The van der Waals surface area contributed by atoms with Crippen LogP contribution in [0.2, 0.25) is 0 Å². The molecule has 0 aliphatic carbocycles. The number of pyridine rings is 1. The Morgan fingerprint density at radius 3 is 2.89 bits per heavy atom. The normalized spacial score (nSPS) is 11.9. The zero-order valence-corrected chi connectivity index (χ0v) is 10.1. The molecular weight excluding hydrogens is 238 g/mol. The lowest BCUT2D eigenvalue weighted by atomic mass is 10.2. The van der Waals surface area contributed by atoms with Crippen LogP contribution in [0.15, 0.2) is 12.1 Å². The van der Waals surface area contributed by atoms with Gasteiger partial charge >= 0.3 is 5.69 Å². The highest BCUT2D eigenvalue weighted by molar-refractivity contribution is 5.59. The highest BCUT2D eigenvalue weighted by Gasteiger charge is 2.15. The summed E-state index contributed by atoms with van der Waals surface area (Å²) in [6.07, 6.45) is 0.929. The van der Waals surface area contributed by atoms with E-state index in [9.17, 15) is 10.1 Å². The van der Waals surface area contributed by atoms with Crippen molar-refractivity contribution in [3.8, 4) is 0 Å². The minimum absolute atomic E-state index is 0.106. The van der Waals surface area contributed by atoms with Crippen molar-refractivity contribution in [3.63, 3.8) is 0 Å². The van der Waals surface area contributed by atoms with Gasteiger partial charge in [0, 0.05) is 12.6 Å². The number of hydrogen-bond donors (Lipinski definition) is 4. The first-order chi connectivity index (χ1) is 8.54. The third kappa shape index (κ3) is 4.15. The molecule has 1 heterocycles. The minimum Gasteiger partial charge on any atom is -0.393 e. The lowest BCUT2D eigenvalue weighted by molar-refractivity contribution is -0.384. The van der Waals surface area contributed by atoms with Crippen LogP contribution in [0.5, 0.6) is 0 Å². The van der Waals surface area contributed by atoms with E-state index in [1.165, 1.54) is 12.1 Å². The van der Waals surface area contributed by atoms with Gasteiger partial charge in [-0.15, -0.1) is 0 Å². The van der Waals surface area contributed by atoms with E-state index in [-0.39, 0.29) is 17.6 Å². The van der Waals surface area contributed by atoms with Crippen LogP contribution in [-0.2, 0) is 0 Å². The van der Waals surface area contributed by atoms with Crippen molar-refractivity contribution in [1.82, 2.24) is 4.98 Å². The summed E-state index contributed by atoms with van der Waals surface area (Å²) in [7, 11) is 0. The molecule has 5 N–H and O–H groups in total. The Bertz CT molecular complexity index is 410. The molecular formula is C10H17N5O3. The molecule has 0 radical (unpaired) electrons. The minimum atomic E-state index is -0.510. The summed E-state index contributed by atoms with van der Waals surface area (Å²) in [6.45, 7) is 2.19. The number of nitrogens with two attached hydrogens (primary N) is 1. The Morgan fingerprint density at radius 2 is 2.33 bits per heavy atom. The summed E-state index contributed by atoms with van der Waals surface area (Å²) in [4.78, 5) is 14.3. The average Bonchev–Trinajstić information content (AvgIpc) is 2.33. The van der Waals surface area contributed by atoms with E-state index < -0.39 is 4.92 Å². The van der Waals surface area contributed by atoms with Crippen LogP contribution < -0.4 is 16.6 Å². The van der Waals surface area contributed by atoms with Gasteiger partial charge in [-0.1, -0.05) is 0 Å². The number of aliphatic hydroxyl groups excluding tert-OH is 1. The van der Waals surface area contributed by atoms with Crippen molar-refractivity contribution in [2.24, 2.45) is 5.84 Å². The Hall–Kier alpha value is -1.93. The first-order valence-electron chi connectivity index (χ1n) is 5.58. The number of rotatable bonds is 7. The van der Waals surface area contributed by atoms with Gasteiger partial charge in [-0.25, -0.2) is 10.8 Å². The highest BCUT2D eigenvalue weighted by atomic mass is 16.6. The number of aliphatic hydroxyl groups is 1. The first-order valence-corrected chi connectivity index (χ1v) is 5.58. The molecule has 0 saturated heterocycles. The number of nitrogens with one attached hydrogen (secondary N) is 2. The van der Waals surface area contributed by atoms with E-state index in [2.05, 4.69) is 15.7 Å². The fourth-order valence-electron chi connectivity index (χ4n) is 1.41. The smallest absolute Gasteiger partial charge is 0.311 e. The summed E-state index contributed by atoms with van der Waals surface area (Å²) in [5.74, 6) is 5.71. The standard InChI is InChI=1S/C10H17N5O3/c1-7(16)3-2-6-12-10-8(15(17)18)4-5-9(13-10)14-11/h4-5,7,16H,2-3,6,11H2,1H3,(H2,12,13,14). The predicted octanol–water partition coefficient (Wildman–Crippen LogP) is 0.848. The zero-order chi connectivity index (χ0) is 13.5. The van der Waals surface area contributed by atoms with E-state index in [4.69, 9.17) is 10.9 Å². The molecule has 1 atom stereocenters. The van der Waals surface area contributed by atoms with Crippen molar-refractivity contribution in [2.75, 3.05) is 17.3 Å².